The first-order valence-corrected chi connectivity index (χ1v) is 6.99. The average molecular weight is 324 g/mol. The van der Waals surface area contributed by atoms with Crippen LogP contribution < -0.4 is 10.5 Å². The van der Waals surface area contributed by atoms with Gasteiger partial charge in [0, 0.05) is 16.9 Å². The van der Waals surface area contributed by atoms with Crippen molar-refractivity contribution < 1.29 is 9.26 Å². The molecule has 1 aromatic carbocycles. The van der Waals surface area contributed by atoms with Gasteiger partial charge in [0.25, 0.3) is 0 Å². The lowest BCUT2D eigenvalue weighted by molar-refractivity contribution is 0.285. The molecule has 0 saturated heterocycles. The van der Waals surface area contributed by atoms with E-state index < -0.39 is 0 Å². The Hall–Kier alpha value is -1.40. The van der Waals surface area contributed by atoms with Crippen molar-refractivity contribution in [1.82, 2.24) is 10.1 Å². The summed E-state index contributed by atoms with van der Waals surface area (Å²) in [5.41, 5.74) is 6.65. The fourth-order valence-corrected chi connectivity index (χ4v) is 2.18. The highest BCUT2D eigenvalue weighted by Gasteiger charge is 2.29. The van der Waals surface area contributed by atoms with Crippen LogP contribution in [-0.2, 0) is 13.2 Å². The third-order valence-electron chi connectivity index (χ3n) is 3.02. The molecule has 1 saturated carbocycles. The SMILES string of the molecule is NCc1cc(OCc2noc(C3CC3)n2)ccc1Br. The van der Waals surface area contributed by atoms with Crippen LogP contribution in [0.1, 0.15) is 36.0 Å². The Kier molecular flexibility index (Phi) is 3.52. The number of halogens is 1. The van der Waals surface area contributed by atoms with Crippen LogP contribution >= 0.6 is 15.9 Å². The van der Waals surface area contributed by atoms with E-state index >= 15 is 0 Å². The van der Waals surface area contributed by atoms with Crippen LogP contribution in [0.25, 0.3) is 0 Å². The van der Waals surface area contributed by atoms with Gasteiger partial charge in [-0.25, -0.2) is 0 Å². The summed E-state index contributed by atoms with van der Waals surface area (Å²) >= 11 is 3.44. The van der Waals surface area contributed by atoms with Crippen molar-refractivity contribution >= 4 is 15.9 Å². The van der Waals surface area contributed by atoms with Crippen molar-refractivity contribution in [3.8, 4) is 5.75 Å². The molecule has 5 nitrogen and oxygen atoms in total. The molecule has 2 aromatic rings. The van der Waals surface area contributed by atoms with Gasteiger partial charge in [-0.2, -0.15) is 4.98 Å². The smallest absolute Gasteiger partial charge is 0.229 e. The maximum Gasteiger partial charge on any atom is 0.229 e. The molecule has 1 aliphatic carbocycles. The van der Waals surface area contributed by atoms with Gasteiger partial charge in [-0.05, 0) is 36.6 Å². The van der Waals surface area contributed by atoms with Gasteiger partial charge in [-0.1, -0.05) is 21.1 Å². The van der Waals surface area contributed by atoms with E-state index in [1.54, 1.807) is 0 Å². The molecule has 6 heteroatoms. The van der Waals surface area contributed by atoms with E-state index in [4.69, 9.17) is 15.0 Å². The Morgan fingerprint density at radius 3 is 3.00 bits per heavy atom. The van der Waals surface area contributed by atoms with Gasteiger partial charge in [-0.3, -0.25) is 0 Å². The summed E-state index contributed by atoms with van der Waals surface area (Å²) in [6, 6.07) is 5.71. The van der Waals surface area contributed by atoms with Gasteiger partial charge in [0.15, 0.2) is 6.61 Å². The van der Waals surface area contributed by atoms with Gasteiger partial charge >= 0.3 is 0 Å². The second kappa shape index (κ2) is 5.30. The van der Waals surface area contributed by atoms with Crippen LogP contribution in [0.5, 0.6) is 5.75 Å². The molecule has 0 spiro atoms. The Labute approximate surface area is 119 Å². The number of hydrogen-bond donors (Lipinski definition) is 1. The average Bonchev–Trinajstić information content (AvgIpc) is 3.17. The number of nitrogens with zero attached hydrogens (tertiary/aromatic N) is 2. The third kappa shape index (κ3) is 2.96. The van der Waals surface area contributed by atoms with Crippen molar-refractivity contribution in [3.05, 3.63) is 40.0 Å². The largest absolute Gasteiger partial charge is 0.485 e. The molecule has 0 aliphatic heterocycles. The topological polar surface area (TPSA) is 74.2 Å². The van der Waals surface area contributed by atoms with E-state index in [-0.39, 0.29) is 0 Å². The number of ether oxygens (including phenoxy) is 1. The van der Waals surface area contributed by atoms with Crippen molar-refractivity contribution in [3.63, 3.8) is 0 Å². The summed E-state index contributed by atoms with van der Waals surface area (Å²) in [4.78, 5) is 4.31. The standard InChI is InChI=1S/C13H14BrN3O2/c14-11-4-3-10(5-9(11)6-15)18-7-12-16-13(19-17-12)8-1-2-8/h3-5,8H,1-2,6-7,15H2. The fraction of sp³-hybridized carbons (Fsp3) is 0.385. The first kappa shape index (κ1) is 12.6. The highest BCUT2D eigenvalue weighted by molar-refractivity contribution is 9.10. The second-order valence-corrected chi connectivity index (χ2v) is 5.42. The van der Waals surface area contributed by atoms with Crippen LogP contribution in [0.3, 0.4) is 0 Å². The Morgan fingerprint density at radius 2 is 2.26 bits per heavy atom. The minimum atomic E-state index is 0.307. The highest BCUT2D eigenvalue weighted by atomic mass is 79.9. The lowest BCUT2D eigenvalue weighted by Crippen LogP contribution is -2.01. The van der Waals surface area contributed by atoms with E-state index in [0.717, 1.165) is 34.5 Å². The molecule has 0 amide bonds. The monoisotopic (exact) mass is 323 g/mol. The molecule has 1 aliphatic rings. The maximum atomic E-state index is 5.65. The zero-order valence-electron chi connectivity index (χ0n) is 10.3. The van der Waals surface area contributed by atoms with E-state index in [0.29, 0.717) is 24.9 Å². The van der Waals surface area contributed by atoms with Crippen LogP contribution in [0.15, 0.2) is 27.2 Å². The summed E-state index contributed by atoms with van der Waals surface area (Å²) in [5, 5.41) is 3.91. The second-order valence-electron chi connectivity index (χ2n) is 4.57. The van der Waals surface area contributed by atoms with Crippen LogP contribution in [-0.4, -0.2) is 10.1 Å². The number of aromatic nitrogens is 2. The predicted molar refractivity (Wildman–Crippen MR) is 72.6 cm³/mol. The molecule has 3 rings (SSSR count). The van der Waals surface area contributed by atoms with E-state index in [9.17, 15) is 0 Å². The summed E-state index contributed by atoms with van der Waals surface area (Å²) < 4.78 is 11.8. The molecule has 1 aromatic heterocycles. The quantitative estimate of drug-likeness (QED) is 0.915. The molecule has 0 bridgehead atoms. The number of benzene rings is 1. The van der Waals surface area contributed by atoms with Gasteiger partial charge < -0.3 is 15.0 Å². The van der Waals surface area contributed by atoms with Crippen molar-refractivity contribution in [2.24, 2.45) is 5.73 Å². The highest BCUT2D eigenvalue weighted by Crippen LogP contribution is 2.38. The van der Waals surface area contributed by atoms with E-state index in [1.807, 2.05) is 18.2 Å². The third-order valence-corrected chi connectivity index (χ3v) is 3.79. The Bertz CT molecular complexity index is 581. The van der Waals surface area contributed by atoms with Crippen LogP contribution in [0.2, 0.25) is 0 Å². The molecular formula is C13H14BrN3O2. The lowest BCUT2D eigenvalue weighted by atomic mass is 10.2. The molecule has 0 radical (unpaired) electrons. The molecule has 2 N–H and O–H groups in total. The Morgan fingerprint density at radius 1 is 1.42 bits per heavy atom. The first-order chi connectivity index (χ1) is 9.26. The Balaban J connectivity index is 1.64. The van der Waals surface area contributed by atoms with Crippen LogP contribution in [0, 0.1) is 0 Å². The van der Waals surface area contributed by atoms with Crippen molar-refractivity contribution in [1.29, 1.82) is 0 Å². The van der Waals surface area contributed by atoms with Gasteiger partial charge in [0.1, 0.15) is 5.75 Å². The minimum Gasteiger partial charge on any atom is -0.485 e. The van der Waals surface area contributed by atoms with Gasteiger partial charge in [0.05, 0.1) is 0 Å². The molecule has 0 atom stereocenters. The van der Waals surface area contributed by atoms with E-state index in [2.05, 4.69) is 26.1 Å². The summed E-state index contributed by atoms with van der Waals surface area (Å²) in [5.74, 6) is 2.54. The minimum absolute atomic E-state index is 0.307. The first-order valence-electron chi connectivity index (χ1n) is 6.20. The van der Waals surface area contributed by atoms with Crippen molar-refractivity contribution in [2.75, 3.05) is 0 Å². The zero-order chi connectivity index (χ0) is 13.2. The van der Waals surface area contributed by atoms with Gasteiger partial charge in [-0.15, -0.1) is 0 Å². The fourth-order valence-electron chi connectivity index (χ4n) is 1.77. The number of rotatable bonds is 5. The predicted octanol–water partition coefficient (Wildman–Crippen LogP) is 2.75. The molecular weight excluding hydrogens is 310 g/mol. The normalized spacial score (nSPS) is 14.6. The molecule has 1 fully saturated rings. The zero-order valence-corrected chi connectivity index (χ0v) is 11.9. The molecule has 0 unspecified atom stereocenters. The number of hydrogen-bond acceptors (Lipinski definition) is 5. The summed E-state index contributed by atoms with van der Waals surface area (Å²) in [6.07, 6.45) is 2.30. The molecule has 19 heavy (non-hydrogen) atoms. The van der Waals surface area contributed by atoms with Gasteiger partial charge in [0.2, 0.25) is 11.7 Å². The van der Waals surface area contributed by atoms with E-state index in [1.165, 1.54) is 0 Å². The summed E-state index contributed by atoms with van der Waals surface area (Å²) in [7, 11) is 0. The van der Waals surface area contributed by atoms with Crippen LogP contribution in [0.4, 0.5) is 0 Å². The number of nitrogens with two attached hydrogens (primary N) is 1. The maximum absolute atomic E-state index is 5.65. The molecule has 1 heterocycles. The summed E-state index contributed by atoms with van der Waals surface area (Å²) in [6.45, 7) is 0.772. The van der Waals surface area contributed by atoms with Crippen molar-refractivity contribution in [2.45, 2.75) is 31.9 Å². The lowest BCUT2D eigenvalue weighted by Gasteiger charge is -2.06. The molecule has 100 valence electrons.